The van der Waals surface area contributed by atoms with Gasteiger partial charge in [-0.1, -0.05) is 60.7 Å². The van der Waals surface area contributed by atoms with Gasteiger partial charge in [0.15, 0.2) is 0 Å². The Morgan fingerprint density at radius 3 is 2.00 bits per heavy atom. The van der Waals surface area contributed by atoms with Crippen LogP contribution < -0.4 is 11.1 Å². The number of pyridine rings is 1. The third-order valence-corrected chi connectivity index (χ3v) is 3.64. The van der Waals surface area contributed by atoms with Crippen LogP contribution in [0.5, 0.6) is 0 Å². The third kappa shape index (κ3) is 3.37. The summed E-state index contributed by atoms with van der Waals surface area (Å²) in [6, 6.07) is 21.1. The van der Waals surface area contributed by atoms with E-state index in [-0.39, 0.29) is 11.9 Å². The number of benzene rings is 2. The van der Waals surface area contributed by atoms with Crippen molar-refractivity contribution in [3.05, 3.63) is 95.8 Å². The van der Waals surface area contributed by atoms with E-state index in [1.54, 1.807) is 12.3 Å². The first-order valence-electron chi connectivity index (χ1n) is 7.36. The Balaban J connectivity index is 1.94. The molecule has 1 heterocycles. The minimum absolute atomic E-state index is 0.220. The first-order valence-corrected chi connectivity index (χ1v) is 7.36. The smallest absolute Gasteiger partial charge is 0.254 e. The summed E-state index contributed by atoms with van der Waals surface area (Å²) in [5.41, 5.74) is 8.67. The van der Waals surface area contributed by atoms with Crippen LogP contribution in [0.1, 0.15) is 27.5 Å². The van der Waals surface area contributed by atoms with Crippen molar-refractivity contribution in [1.82, 2.24) is 10.3 Å². The Morgan fingerprint density at radius 2 is 1.48 bits per heavy atom. The third-order valence-electron chi connectivity index (χ3n) is 3.64. The number of nitrogen functional groups attached to an aromatic ring is 1. The van der Waals surface area contributed by atoms with Gasteiger partial charge in [-0.2, -0.15) is 0 Å². The molecule has 0 aliphatic rings. The molecule has 0 fully saturated rings. The average Bonchev–Trinajstić information content (AvgIpc) is 2.61. The molecule has 0 aliphatic carbocycles. The molecule has 0 radical (unpaired) electrons. The van der Waals surface area contributed by atoms with Crippen molar-refractivity contribution in [2.45, 2.75) is 6.04 Å². The molecule has 1 aromatic heterocycles. The van der Waals surface area contributed by atoms with Gasteiger partial charge in [-0.25, -0.2) is 0 Å². The Labute approximate surface area is 135 Å². The second-order valence-corrected chi connectivity index (χ2v) is 5.19. The predicted octanol–water partition coefficient (Wildman–Crippen LogP) is 3.18. The predicted molar refractivity (Wildman–Crippen MR) is 90.8 cm³/mol. The molecule has 4 nitrogen and oxygen atoms in total. The summed E-state index contributed by atoms with van der Waals surface area (Å²) in [5.74, 6) is -0.220. The number of hydrogen-bond acceptors (Lipinski definition) is 3. The summed E-state index contributed by atoms with van der Waals surface area (Å²) in [5, 5.41) is 3.06. The number of carbonyl (C=O) groups is 1. The molecule has 2 aromatic carbocycles. The molecule has 23 heavy (non-hydrogen) atoms. The quantitative estimate of drug-likeness (QED) is 0.778. The molecule has 0 saturated heterocycles. The van der Waals surface area contributed by atoms with E-state index in [1.165, 1.54) is 6.20 Å². The fraction of sp³-hybridized carbons (Fsp3) is 0.0526. The Kier molecular flexibility index (Phi) is 4.34. The van der Waals surface area contributed by atoms with Gasteiger partial charge in [-0.3, -0.25) is 9.78 Å². The van der Waals surface area contributed by atoms with Crippen molar-refractivity contribution in [3.63, 3.8) is 0 Å². The summed E-state index contributed by atoms with van der Waals surface area (Å²) in [6.45, 7) is 0. The van der Waals surface area contributed by atoms with Crippen molar-refractivity contribution in [3.8, 4) is 0 Å². The zero-order valence-corrected chi connectivity index (χ0v) is 12.5. The standard InChI is InChI=1S/C19H17N3O/c20-17-13-21-12-11-16(17)19(23)22-18(14-7-3-1-4-8-14)15-9-5-2-6-10-15/h1-13,18H,20H2,(H,22,23). The van der Waals surface area contributed by atoms with E-state index in [4.69, 9.17) is 5.73 Å². The van der Waals surface area contributed by atoms with Crippen molar-refractivity contribution >= 4 is 11.6 Å². The normalized spacial score (nSPS) is 10.5. The molecule has 0 bridgehead atoms. The number of nitrogens with two attached hydrogens (primary N) is 1. The van der Waals surface area contributed by atoms with Gasteiger partial charge in [0.05, 0.1) is 23.5 Å². The van der Waals surface area contributed by atoms with Gasteiger partial charge in [0, 0.05) is 6.20 Å². The highest BCUT2D eigenvalue weighted by molar-refractivity contribution is 5.99. The van der Waals surface area contributed by atoms with Crippen molar-refractivity contribution in [2.24, 2.45) is 0 Å². The molecule has 0 atom stereocenters. The van der Waals surface area contributed by atoms with Gasteiger partial charge >= 0.3 is 0 Å². The maximum atomic E-state index is 12.6. The molecule has 3 N–H and O–H groups in total. The molecule has 114 valence electrons. The van der Waals surface area contributed by atoms with E-state index in [2.05, 4.69) is 10.3 Å². The second kappa shape index (κ2) is 6.75. The second-order valence-electron chi connectivity index (χ2n) is 5.19. The van der Waals surface area contributed by atoms with Gasteiger partial charge in [0.25, 0.3) is 5.91 Å². The summed E-state index contributed by atoms with van der Waals surface area (Å²) in [6.07, 6.45) is 3.04. The number of carbonyl (C=O) groups excluding carboxylic acids is 1. The van der Waals surface area contributed by atoms with Crippen LogP contribution >= 0.6 is 0 Å². The molecule has 4 heteroatoms. The number of amides is 1. The number of nitrogens with zero attached hydrogens (tertiary/aromatic N) is 1. The highest BCUT2D eigenvalue weighted by atomic mass is 16.1. The van der Waals surface area contributed by atoms with E-state index in [9.17, 15) is 4.79 Å². The molecule has 0 spiro atoms. The van der Waals surface area contributed by atoms with E-state index in [0.29, 0.717) is 11.3 Å². The van der Waals surface area contributed by atoms with Crippen LogP contribution in [-0.4, -0.2) is 10.9 Å². The van der Waals surface area contributed by atoms with E-state index >= 15 is 0 Å². The van der Waals surface area contributed by atoms with Gasteiger partial charge < -0.3 is 11.1 Å². The highest BCUT2D eigenvalue weighted by Crippen LogP contribution is 2.22. The van der Waals surface area contributed by atoms with Crippen LogP contribution in [0, 0.1) is 0 Å². The Morgan fingerprint density at radius 1 is 0.913 bits per heavy atom. The van der Waals surface area contributed by atoms with E-state index in [1.807, 2.05) is 60.7 Å². The molecular weight excluding hydrogens is 286 g/mol. The number of anilines is 1. The van der Waals surface area contributed by atoms with E-state index in [0.717, 1.165) is 11.1 Å². The largest absolute Gasteiger partial charge is 0.397 e. The molecule has 0 saturated carbocycles. The zero-order chi connectivity index (χ0) is 16.1. The molecule has 1 amide bonds. The van der Waals surface area contributed by atoms with Crippen LogP contribution in [0.3, 0.4) is 0 Å². The van der Waals surface area contributed by atoms with Crippen molar-refractivity contribution in [2.75, 3.05) is 5.73 Å². The maximum Gasteiger partial charge on any atom is 0.254 e. The average molecular weight is 303 g/mol. The summed E-state index contributed by atoms with van der Waals surface area (Å²) in [4.78, 5) is 16.5. The van der Waals surface area contributed by atoms with Crippen molar-refractivity contribution < 1.29 is 4.79 Å². The first-order chi connectivity index (χ1) is 11.3. The lowest BCUT2D eigenvalue weighted by atomic mass is 9.98. The van der Waals surface area contributed by atoms with Crippen LogP contribution in [-0.2, 0) is 0 Å². The molecule has 0 unspecified atom stereocenters. The van der Waals surface area contributed by atoms with Crippen LogP contribution in [0.15, 0.2) is 79.1 Å². The van der Waals surface area contributed by atoms with Gasteiger partial charge in [-0.15, -0.1) is 0 Å². The number of rotatable bonds is 4. The van der Waals surface area contributed by atoms with Crippen molar-refractivity contribution in [1.29, 1.82) is 0 Å². The summed E-state index contributed by atoms with van der Waals surface area (Å²) < 4.78 is 0. The summed E-state index contributed by atoms with van der Waals surface area (Å²) in [7, 11) is 0. The SMILES string of the molecule is Nc1cnccc1C(=O)NC(c1ccccc1)c1ccccc1. The molecule has 3 rings (SSSR count). The number of hydrogen-bond donors (Lipinski definition) is 2. The topological polar surface area (TPSA) is 68.0 Å². The fourth-order valence-corrected chi connectivity index (χ4v) is 2.47. The van der Waals surface area contributed by atoms with Crippen LogP contribution in [0.25, 0.3) is 0 Å². The maximum absolute atomic E-state index is 12.6. The van der Waals surface area contributed by atoms with E-state index < -0.39 is 0 Å². The lowest BCUT2D eigenvalue weighted by molar-refractivity contribution is 0.0944. The minimum Gasteiger partial charge on any atom is -0.397 e. The lowest BCUT2D eigenvalue weighted by Gasteiger charge is -2.20. The Hall–Kier alpha value is -3.14. The minimum atomic E-state index is -0.238. The van der Waals surface area contributed by atoms with Crippen LogP contribution in [0.4, 0.5) is 5.69 Å². The fourth-order valence-electron chi connectivity index (χ4n) is 2.47. The molecular formula is C19H17N3O. The number of aromatic nitrogens is 1. The summed E-state index contributed by atoms with van der Waals surface area (Å²) >= 11 is 0. The Bertz CT molecular complexity index is 748. The highest BCUT2D eigenvalue weighted by Gasteiger charge is 2.18. The molecule has 3 aromatic rings. The zero-order valence-electron chi connectivity index (χ0n) is 12.5. The lowest BCUT2D eigenvalue weighted by Crippen LogP contribution is -2.29. The van der Waals surface area contributed by atoms with Gasteiger partial charge in [0.2, 0.25) is 0 Å². The van der Waals surface area contributed by atoms with Crippen LogP contribution in [0.2, 0.25) is 0 Å². The van der Waals surface area contributed by atoms with Gasteiger partial charge in [-0.05, 0) is 17.2 Å². The monoisotopic (exact) mass is 303 g/mol. The molecule has 0 aliphatic heterocycles. The first kappa shape index (κ1) is 14.8. The van der Waals surface area contributed by atoms with Gasteiger partial charge in [0.1, 0.15) is 0 Å². The number of nitrogens with one attached hydrogen (secondary N) is 1.